The molecule has 0 radical (unpaired) electrons. The maximum Gasteiger partial charge on any atom is 0.306 e. The van der Waals surface area contributed by atoms with Crippen LogP contribution in [0.15, 0.2) is 36.5 Å². The summed E-state index contributed by atoms with van der Waals surface area (Å²) in [6, 6.07) is 0. The number of rotatable bonds is 36. The zero-order valence-corrected chi connectivity index (χ0v) is 34.7. The van der Waals surface area contributed by atoms with E-state index in [9.17, 15) is 30.0 Å². The van der Waals surface area contributed by atoms with Crippen molar-refractivity contribution in [3.63, 3.8) is 0 Å². The molecule has 6 atom stereocenters. The highest BCUT2D eigenvalue weighted by Crippen LogP contribution is 2.22. The van der Waals surface area contributed by atoms with Crippen molar-refractivity contribution in [3.05, 3.63) is 36.5 Å². The van der Waals surface area contributed by atoms with E-state index in [1.807, 2.05) is 0 Å². The molecule has 0 saturated carbocycles. The van der Waals surface area contributed by atoms with Gasteiger partial charge in [-0.25, -0.2) is 0 Å². The Morgan fingerprint density at radius 3 is 1.62 bits per heavy atom. The third kappa shape index (κ3) is 28.0. The van der Waals surface area contributed by atoms with Gasteiger partial charge in [-0.1, -0.05) is 159 Å². The zero-order chi connectivity index (χ0) is 40.2. The molecule has 1 heterocycles. The summed E-state index contributed by atoms with van der Waals surface area (Å²) >= 11 is 0. The van der Waals surface area contributed by atoms with Crippen molar-refractivity contribution in [2.24, 2.45) is 0 Å². The van der Waals surface area contributed by atoms with Gasteiger partial charge in [0.2, 0.25) is 0 Å². The topological polar surface area (TPSA) is 152 Å². The van der Waals surface area contributed by atoms with E-state index < -0.39 is 49.4 Å². The van der Waals surface area contributed by atoms with Crippen LogP contribution in [0.3, 0.4) is 0 Å². The van der Waals surface area contributed by atoms with E-state index in [0.29, 0.717) is 6.42 Å². The first kappa shape index (κ1) is 50.9. The van der Waals surface area contributed by atoms with Gasteiger partial charge in [-0.15, -0.1) is 0 Å². The summed E-state index contributed by atoms with van der Waals surface area (Å²) in [5, 5.41) is 40.0. The van der Waals surface area contributed by atoms with Gasteiger partial charge in [-0.05, 0) is 44.9 Å². The standard InChI is InChI=1S/C45H80O10/c1-3-5-7-9-11-13-15-17-19-21-23-25-27-29-31-33-40(47)52-36-38(37-53-45-44(51)43(50)42(49)39(35-46)55-45)54-41(48)34-32-30-28-26-24-22-20-18-16-14-12-10-8-6-4-2/h6,8,12,14,18,20,38-39,42-46,49-51H,3-5,7,9-11,13,15-17,19,21-37H2,1-2H3/b8-6-,14-12-,20-18-/t38?,39-,42+,43+,44-,45-/m1/s1. The molecule has 1 fully saturated rings. The molecule has 320 valence electrons. The van der Waals surface area contributed by atoms with Gasteiger partial charge in [0.05, 0.1) is 13.2 Å². The van der Waals surface area contributed by atoms with Gasteiger partial charge in [-0.2, -0.15) is 0 Å². The second kappa shape index (κ2) is 36.3. The zero-order valence-electron chi connectivity index (χ0n) is 34.7. The van der Waals surface area contributed by atoms with E-state index in [2.05, 4.69) is 50.3 Å². The molecule has 55 heavy (non-hydrogen) atoms. The van der Waals surface area contributed by atoms with Crippen molar-refractivity contribution in [2.45, 2.75) is 218 Å². The SMILES string of the molecule is CC/C=C\C/C=C\C/C=C\CCCCCCCC(=O)OC(COC(=O)CCCCCCCCCCCCCCCCC)CO[C@@H]1O[C@H](CO)[C@H](O)[C@H](O)[C@H]1O. The molecule has 0 spiro atoms. The maximum atomic E-state index is 12.7. The van der Waals surface area contributed by atoms with Crippen LogP contribution in [-0.2, 0) is 28.5 Å². The Balaban J connectivity index is 2.34. The Bertz CT molecular complexity index is 996. The second-order valence-electron chi connectivity index (χ2n) is 15.1. The smallest absolute Gasteiger partial charge is 0.306 e. The Kier molecular flexibility index (Phi) is 33.6. The lowest BCUT2D eigenvalue weighted by molar-refractivity contribution is -0.305. The summed E-state index contributed by atoms with van der Waals surface area (Å²) in [4.78, 5) is 25.3. The summed E-state index contributed by atoms with van der Waals surface area (Å²) in [6.07, 6.45) is 32.9. The summed E-state index contributed by atoms with van der Waals surface area (Å²) in [6.45, 7) is 3.30. The highest BCUT2D eigenvalue weighted by Gasteiger charge is 2.44. The molecule has 0 aromatic heterocycles. The largest absolute Gasteiger partial charge is 0.462 e. The lowest BCUT2D eigenvalue weighted by atomic mass is 9.99. The number of aliphatic hydroxyl groups is 4. The average molecular weight is 781 g/mol. The van der Waals surface area contributed by atoms with Crippen molar-refractivity contribution >= 4 is 11.9 Å². The molecule has 0 bridgehead atoms. The van der Waals surface area contributed by atoms with Crippen LogP contribution >= 0.6 is 0 Å². The van der Waals surface area contributed by atoms with Crippen molar-refractivity contribution in [3.8, 4) is 0 Å². The minimum Gasteiger partial charge on any atom is -0.462 e. The lowest BCUT2D eigenvalue weighted by Gasteiger charge is -2.39. The fourth-order valence-electron chi connectivity index (χ4n) is 6.56. The van der Waals surface area contributed by atoms with Crippen LogP contribution in [0.4, 0.5) is 0 Å². The molecule has 0 aromatic rings. The molecule has 0 aromatic carbocycles. The van der Waals surface area contributed by atoms with Crippen molar-refractivity contribution < 1.29 is 49.0 Å². The predicted molar refractivity (Wildman–Crippen MR) is 219 cm³/mol. The first-order chi connectivity index (χ1) is 26.8. The van der Waals surface area contributed by atoms with Crippen LogP contribution in [0.25, 0.3) is 0 Å². The van der Waals surface area contributed by atoms with Gasteiger partial charge in [0.15, 0.2) is 12.4 Å². The molecule has 1 saturated heterocycles. The van der Waals surface area contributed by atoms with Gasteiger partial charge in [0, 0.05) is 12.8 Å². The van der Waals surface area contributed by atoms with E-state index in [1.54, 1.807) is 0 Å². The van der Waals surface area contributed by atoms with E-state index >= 15 is 0 Å². The molecule has 1 aliphatic heterocycles. The van der Waals surface area contributed by atoms with Gasteiger partial charge < -0.3 is 39.4 Å². The molecule has 0 aliphatic carbocycles. The molecule has 10 heteroatoms. The number of carbonyl (C=O) groups excluding carboxylic acids is 2. The Morgan fingerprint density at radius 2 is 1.07 bits per heavy atom. The molecule has 10 nitrogen and oxygen atoms in total. The monoisotopic (exact) mass is 781 g/mol. The summed E-state index contributed by atoms with van der Waals surface area (Å²) in [5.74, 6) is -0.822. The maximum absolute atomic E-state index is 12.7. The third-order valence-electron chi connectivity index (χ3n) is 10.0. The van der Waals surface area contributed by atoms with E-state index in [0.717, 1.165) is 70.6 Å². The lowest BCUT2D eigenvalue weighted by Crippen LogP contribution is -2.59. The third-order valence-corrected chi connectivity index (χ3v) is 10.0. The van der Waals surface area contributed by atoms with Crippen LogP contribution in [0, 0.1) is 0 Å². The molecule has 1 rings (SSSR count). The molecule has 1 unspecified atom stereocenters. The number of carbonyl (C=O) groups is 2. The minimum absolute atomic E-state index is 0.212. The van der Waals surface area contributed by atoms with Crippen LogP contribution in [0.5, 0.6) is 0 Å². The van der Waals surface area contributed by atoms with Crippen molar-refractivity contribution in [1.29, 1.82) is 0 Å². The molecular weight excluding hydrogens is 700 g/mol. The minimum atomic E-state index is -1.60. The first-order valence-electron chi connectivity index (χ1n) is 22.1. The summed E-state index contributed by atoms with van der Waals surface area (Å²) in [5.41, 5.74) is 0. The highest BCUT2D eigenvalue weighted by atomic mass is 16.7. The van der Waals surface area contributed by atoms with Crippen LogP contribution in [0.1, 0.15) is 181 Å². The van der Waals surface area contributed by atoms with Gasteiger partial charge >= 0.3 is 11.9 Å². The van der Waals surface area contributed by atoms with Crippen LogP contribution in [0.2, 0.25) is 0 Å². The number of hydrogen-bond acceptors (Lipinski definition) is 10. The van der Waals surface area contributed by atoms with E-state index in [-0.39, 0.29) is 32.0 Å². The van der Waals surface area contributed by atoms with Gasteiger partial charge in [-0.3, -0.25) is 9.59 Å². The Morgan fingerprint density at radius 1 is 0.582 bits per heavy atom. The number of allylic oxidation sites excluding steroid dienone is 6. The first-order valence-corrected chi connectivity index (χ1v) is 22.1. The second-order valence-corrected chi connectivity index (χ2v) is 15.1. The summed E-state index contributed by atoms with van der Waals surface area (Å²) in [7, 11) is 0. The van der Waals surface area contributed by atoms with Crippen molar-refractivity contribution in [2.75, 3.05) is 19.8 Å². The predicted octanol–water partition coefficient (Wildman–Crippen LogP) is 9.11. The molecule has 1 aliphatic rings. The van der Waals surface area contributed by atoms with Crippen LogP contribution in [-0.4, -0.2) is 89.0 Å². The normalized spacial score (nSPS) is 20.9. The number of unbranched alkanes of at least 4 members (excludes halogenated alkanes) is 19. The quantitative estimate of drug-likeness (QED) is 0.0275. The Labute approximate surface area is 334 Å². The molecule has 0 amide bonds. The van der Waals surface area contributed by atoms with E-state index in [1.165, 1.54) is 77.0 Å². The number of ether oxygens (including phenoxy) is 4. The number of hydrogen-bond donors (Lipinski definition) is 4. The number of esters is 2. The highest BCUT2D eigenvalue weighted by molar-refractivity contribution is 5.70. The van der Waals surface area contributed by atoms with Crippen LogP contribution < -0.4 is 0 Å². The van der Waals surface area contributed by atoms with Crippen molar-refractivity contribution in [1.82, 2.24) is 0 Å². The number of aliphatic hydroxyl groups excluding tert-OH is 4. The fraction of sp³-hybridized carbons (Fsp3) is 0.822. The molecule has 4 N–H and O–H groups in total. The van der Waals surface area contributed by atoms with Gasteiger partial charge in [0.25, 0.3) is 0 Å². The van der Waals surface area contributed by atoms with E-state index in [4.69, 9.17) is 18.9 Å². The molecular formula is C45H80O10. The average Bonchev–Trinajstić information content (AvgIpc) is 3.18. The fourth-order valence-corrected chi connectivity index (χ4v) is 6.56. The van der Waals surface area contributed by atoms with Gasteiger partial charge in [0.1, 0.15) is 31.0 Å². The summed E-state index contributed by atoms with van der Waals surface area (Å²) < 4.78 is 22.1. The Hall–Kier alpha value is -2.08.